The Labute approximate surface area is 192 Å². The lowest BCUT2D eigenvalue weighted by Gasteiger charge is -2.14. The molecule has 1 aliphatic rings. The third-order valence-corrected chi connectivity index (χ3v) is 5.34. The fourth-order valence-corrected chi connectivity index (χ4v) is 3.51. The molecule has 3 aromatic carbocycles. The number of benzene rings is 3. The second-order valence-corrected chi connectivity index (χ2v) is 7.82. The number of cyclic esters (lactones) is 1. The molecule has 1 heterocycles. The van der Waals surface area contributed by atoms with E-state index in [1.54, 1.807) is 12.1 Å². The predicted octanol–water partition coefficient (Wildman–Crippen LogP) is 3.60. The summed E-state index contributed by atoms with van der Waals surface area (Å²) in [4.78, 5) is 23.5. The number of aliphatic hydroxyl groups is 1. The van der Waals surface area contributed by atoms with Crippen molar-refractivity contribution in [2.24, 2.45) is 0 Å². The van der Waals surface area contributed by atoms with Crippen LogP contribution in [0.5, 0.6) is 5.75 Å². The third-order valence-electron chi connectivity index (χ3n) is 5.34. The molecule has 0 aromatic heterocycles. The highest BCUT2D eigenvalue weighted by atomic mass is 16.5. The van der Waals surface area contributed by atoms with Crippen molar-refractivity contribution in [3.8, 4) is 5.75 Å². The van der Waals surface area contributed by atoms with Gasteiger partial charge in [-0.25, -0.2) is 4.79 Å². The third kappa shape index (κ3) is 6.30. The van der Waals surface area contributed by atoms with Gasteiger partial charge in [-0.05, 0) is 34.4 Å². The fraction of sp³-hybridized carbons (Fsp3) is 0.185. The van der Waals surface area contributed by atoms with Gasteiger partial charge in [0.05, 0.1) is 12.5 Å². The van der Waals surface area contributed by atoms with Gasteiger partial charge in [0.2, 0.25) is 5.91 Å². The van der Waals surface area contributed by atoms with E-state index < -0.39 is 6.10 Å². The minimum atomic E-state index is -0.844. The van der Waals surface area contributed by atoms with E-state index in [1.165, 1.54) is 6.08 Å². The molecule has 0 bridgehead atoms. The van der Waals surface area contributed by atoms with Crippen LogP contribution < -0.4 is 10.1 Å². The largest absolute Gasteiger partial charge is 0.489 e. The van der Waals surface area contributed by atoms with E-state index in [2.05, 4.69) is 5.32 Å². The highest BCUT2D eigenvalue weighted by molar-refractivity contribution is 5.95. The summed E-state index contributed by atoms with van der Waals surface area (Å²) in [6.45, 7) is 0.816. The van der Waals surface area contributed by atoms with Crippen molar-refractivity contribution in [3.05, 3.63) is 107 Å². The Morgan fingerprint density at radius 2 is 1.79 bits per heavy atom. The standard InChI is InChI=1S/C27H25NO5/c29-25(22-7-4-8-24(14-22)32-17-20-5-2-1-3-6-20)16-28-26(30)13-19-9-11-21(12-10-19)23-15-27(31)33-18-23/h1-12,14-15,25,29H,13,16-18H2,(H,28,30). The van der Waals surface area contributed by atoms with Gasteiger partial charge in [0.1, 0.15) is 19.0 Å². The number of carbonyl (C=O) groups excluding carboxylic acids is 2. The van der Waals surface area contributed by atoms with Gasteiger partial charge < -0.3 is 19.9 Å². The molecular weight excluding hydrogens is 418 g/mol. The Morgan fingerprint density at radius 3 is 2.52 bits per heavy atom. The molecule has 1 unspecified atom stereocenters. The van der Waals surface area contributed by atoms with E-state index in [1.807, 2.05) is 66.7 Å². The van der Waals surface area contributed by atoms with Crippen LogP contribution in [-0.4, -0.2) is 30.1 Å². The van der Waals surface area contributed by atoms with Crippen LogP contribution in [0.25, 0.3) is 5.57 Å². The fourth-order valence-electron chi connectivity index (χ4n) is 3.51. The maximum Gasteiger partial charge on any atom is 0.331 e. The lowest BCUT2D eigenvalue weighted by Crippen LogP contribution is -2.29. The van der Waals surface area contributed by atoms with Crippen LogP contribution >= 0.6 is 0 Å². The maximum absolute atomic E-state index is 12.3. The quantitative estimate of drug-likeness (QED) is 0.494. The van der Waals surface area contributed by atoms with Crippen molar-refractivity contribution in [3.63, 3.8) is 0 Å². The summed E-state index contributed by atoms with van der Waals surface area (Å²) >= 11 is 0. The number of nitrogens with one attached hydrogen (secondary N) is 1. The first kappa shape index (κ1) is 22.3. The number of amides is 1. The number of hydrogen-bond acceptors (Lipinski definition) is 5. The zero-order valence-corrected chi connectivity index (χ0v) is 18.1. The highest BCUT2D eigenvalue weighted by Crippen LogP contribution is 2.21. The van der Waals surface area contributed by atoms with E-state index in [9.17, 15) is 14.7 Å². The first-order valence-corrected chi connectivity index (χ1v) is 10.7. The summed E-state index contributed by atoms with van der Waals surface area (Å²) in [5, 5.41) is 13.3. The van der Waals surface area contributed by atoms with Crippen molar-refractivity contribution < 1.29 is 24.2 Å². The van der Waals surface area contributed by atoms with Crippen LogP contribution in [0.4, 0.5) is 0 Å². The van der Waals surface area contributed by atoms with Gasteiger partial charge in [-0.1, -0.05) is 66.7 Å². The number of aliphatic hydroxyl groups excluding tert-OH is 1. The molecule has 3 aromatic rings. The molecule has 0 spiro atoms. The SMILES string of the molecule is O=C(Cc1ccc(C2=CC(=O)OC2)cc1)NCC(O)c1cccc(OCc2ccccc2)c1. The summed E-state index contributed by atoms with van der Waals surface area (Å²) in [5.41, 5.74) is 4.30. The molecule has 0 saturated heterocycles. The molecule has 1 atom stereocenters. The average molecular weight is 443 g/mol. The topological polar surface area (TPSA) is 84.9 Å². The highest BCUT2D eigenvalue weighted by Gasteiger charge is 2.15. The summed E-state index contributed by atoms with van der Waals surface area (Å²) < 4.78 is 10.7. The second-order valence-electron chi connectivity index (χ2n) is 7.82. The monoisotopic (exact) mass is 443 g/mol. The van der Waals surface area contributed by atoms with Crippen LogP contribution in [0.3, 0.4) is 0 Å². The van der Waals surface area contributed by atoms with E-state index >= 15 is 0 Å². The van der Waals surface area contributed by atoms with Gasteiger partial charge in [-0.15, -0.1) is 0 Å². The Hall–Kier alpha value is -3.90. The molecule has 0 saturated carbocycles. The number of carbonyl (C=O) groups is 2. The van der Waals surface area contributed by atoms with Crippen LogP contribution in [0.2, 0.25) is 0 Å². The molecule has 33 heavy (non-hydrogen) atoms. The van der Waals surface area contributed by atoms with Crippen molar-refractivity contribution in [1.82, 2.24) is 5.32 Å². The van der Waals surface area contributed by atoms with Gasteiger partial charge >= 0.3 is 5.97 Å². The summed E-state index contributed by atoms with van der Waals surface area (Å²) in [6.07, 6.45) is 0.829. The number of esters is 1. The van der Waals surface area contributed by atoms with Crippen molar-refractivity contribution in [2.45, 2.75) is 19.1 Å². The lowest BCUT2D eigenvalue weighted by atomic mass is 10.0. The van der Waals surface area contributed by atoms with E-state index in [0.29, 0.717) is 17.9 Å². The van der Waals surface area contributed by atoms with Crippen LogP contribution in [0, 0.1) is 0 Å². The first-order chi connectivity index (χ1) is 16.1. The van der Waals surface area contributed by atoms with Crippen molar-refractivity contribution >= 4 is 17.4 Å². The average Bonchev–Trinajstić information content (AvgIpc) is 3.29. The Morgan fingerprint density at radius 1 is 1.00 bits per heavy atom. The number of rotatable bonds is 9. The Bertz CT molecular complexity index is 1140. The van der Waals surface area contributed by atoms with Crippen molar-refractivity contribution in [2.75, 3.05) is 13.2 Å². The summed E-state index contributed by atoms with van der Waals surface area (Å²) in [6, 6.07) is 24.5. The normalized spacial score (nSPS) is 13.7. The Kier molecular flexibility index (Phi) is 7.17. The molecule has 6 heteroatoms. The summed E-state index contributed by atoms with van der Waals surface area (Å²) in [5.74, 6) is 0.142. The molecule has 0 aliphatic carbocycles. The van der Waals surface area contributed by atoms with E-state index in [-0.39, 0.29) is 31.4 Å². The van der Waals surface area contributed by atoms with Crippen LogP contribution in [-0.2, 0) is 27.4 Å². The van der Waals surface area contributed by atoms with Crippen LogP contribution in [0.1, 0.15) is 28.4 Å². The van der Waals surface area contributed by atoms with E-state index in [4.69, 9.17) is 9.47 Å². The zero-order chi connectivity index (χ0) is 23.0. The van der Waals surface area contributed by atoms with Gasteiger partial charge in [0, 0.05) is 18.2 Å². The van der Waals surface area contributed by atoms with Gasteiger partial charge in [0.25, 0.3) is 0 Å². The molecule has 0 fully saturated rings. The molecule has 2 N–H and O–H groups in total. The molecule has 4 rings (SSSR count). The molecule has 168 valence electrons. The summed E-state index contributed by atoms with van der Waals surface area (Å²) in [7, 11) is 0. The molecule has 1 amide bonds. The zero-order valence-electron chi connectivity index (χ0n) is 18.1. The van der Waals surface area contributed by atoms with Crippen LogP contribution in [0.15, 0.2) is 84.9 Å². The minimum absolute atomic E-state index is 0.103. The first-order valence-electron chi connectivity index (χ1n) is 10.7. The maximum atomic E-state index is 12.3. The molecule has 1 aliphatic heterocycles. The lowest BCUT2D eigenvalue weighted by molar-refractivity contribution is -0.134. The molecule has 0 radical (unpaired) electrons. The van der Waals surface area contributed by atoms with Crippen molar-refractivity contribution in [1.29, 1.82) is 0 Å². The number of hydrogen-bond donors (Lipinski definition) is 2. The van der Waals surface area contributed by atoms with E-state index in [0.717, 1.165) is 22.3 Å². The molecule has 6 nitrogen and oxygen atoms in total. The predicted molar refractivity (Wildman–Crippen MR) is 124 cm³/mol. The Balaban J connectivity index is 1.26. The van der Waals surface area contributed by atoms with Gasteiger partial charge in [-0.2, -0.15) is 0 Å². The molecular formula is C27H25NO5. The van der Waals surface area contributed by atoms with Gasteiger partial charge in [0.15, 0.2) is 0 Å². The second kappa shape index (κ2) is 10.6. The smallest absolute Gasteiger partial charge is 0.331 e. The van der Waals surface area contributed by atoms with Gasteiger partial charge in [-0.3, -0.25) is 4.79 Å². The minimum Gasteiger partial charge on any atom is -0.489 e. The number of ether oxygens (including phenoxy) is 2.